The topological polar surface area (TPSA) is 115 Å². The van der Waals surface area contributed by atoms with Crippen LogP contribution in [0.15, 0.2) is 12.3 Å². The maximum Gasteiger partial charge on any atom is 0.274 e. The zero-order chi connectivity index (χ0) is 23.1. The molecule has 0 radical (unpaired) electrons. The molecular weight excluding hydrogens is 428 g/mol. The van der Waals surface area contributed by atoms with Gasteiger partial charge in [-0.15, -0.1) is 11.3 Å². The van der Waals surface area contributed by atoms with Gasteiger partial charge in [0, 0.05) is 44.3 Å². The summed E-state index contributed by atoms with van der Waals surface area (Å²) in [7, 11) is 1.77. The molecular formula is C22H34N6O3S. The predicted octanol–water partition coefficient (Wildman–Crippen LogP) is 1.90. The molecule has 2 amide bonds. The highest BCUT2D eigenvalue weighted by molar-refractivity contribution is 7.15. The third-order valence-corrected chi connectivity index (χ3v) is 6.46. The number of nitrogens with one attached hydrogen (secondary N) is 2. The molecule has 0 saturated carbocycles. The fraction of sp³-hybridized carbons (Fsp3) is 0.591. The summed E-state index contributed by atoms with van der Waals surface area (Å²) >= 11 is 1.44. The Kier molecular flexibility index (Phi) is 8.66. The Morgan fingerprint density at radius 2 is 2.06 bits per heavy atom. The van der Waals surface area contributed by atoms with Crippen molar-refractivity contribution in [1.29, 1.82) is 0 Å². The van der Waals surface area contributed by atoms with Gasteiger partial charge in [0.25, 0.3) is 5.91 Å². The van der Waals surface area contributed by atoms with Crippen molar-refractivity contribution < 1.29 is 14.3 Å². The molecule has 1 fully saturated rings. The molecule has 0 unspecified atom stereocenters. The lowest BCUT2D eigenvalue weighted by molar-refractivity contribution is -0.120. The van der Waals surface area contributed by atoms with E-state index in [-0.39, 0.29) is 18.2 Å². The van der Waals surface area contributed by atoms with Gasteiger partial charge in [-0.2, -0.15) is 0 Å². The summed E-state index contributed by atoms with van der Waals surface area (Å²) in [6.45, 7) is 9.04. The van der Waals surface area contributed by atoms with Gasteiger partial charge in [-0.1, -0.05) is 13.8 Å². The van der Waals surface area contributed by atoms with Crippen LogP contribution in [0.4, 0.5) is 10.8 Å². The number of rotatable bonds is 10. The summed E-state index contributed by atoms with van der Waals surface area (Å²) in [6.07, 6.45) is 3.73. The van der Waals surface area contributed by atoms with Gasteiger partial charge in [-0.3, -0.25) is 19.8 Å². The van der Waals surface area contributed by atoms with E-state index in [9.17, 15) is 9.59 Å². The molecule has 1 aliphatic heterocycles. The lowest BCUT2D eigenvalue weighted by Crippen LogP contribution is -2.41. The van der Waals surface area contributed by atoms with Crippen molar-refractivity contribution in [3.63, 3.8) is 0 Å². The fourth-order valence-corrected chi connectivity index (χ4v) is 4.55. The number of carbonyl (C=O) groups is 2. The monoisotopic (exact) mass is 462 g/mol. The van der Waals surface area contributed by atoms with Crippen molar-refractivity contribution in [2.45, 2.75) is 33.1 Å². The summed E-state index contributed by atoms with van der Waals surface area (Å²) in [5.41, 5.74) is 7.51. The van der Waals surface area contributed by atoms with Crippen molar-refractivity contribution in [3.05, 3.63) is 28.5 Å². The van der Waals surface area contributed by atoms with E-state index in [1.54, 1.807) is 23.9 Å². The second-order valence-electron chi connectivity index (χ2n) is 8.53. The van der Waals surface area contributed by atoms with E-state index in [0.717, 1.165) is 56.3 Å². The molecule has 3 rings (SSSR count). The number of amides is 2. The van der Waals surface area contributed by atoms with Crippen LogP contribution in [0.2, 0.25) is 0 Å². The van der Waals surface area contributed by atoms with Crippen molar-refractivity contribution in [1.82, 2.24) is 19.8 Å². The SMILES string of the molecule is CC(C)CCc1sc(NC(=O)c2cc(N)cn2C)nc1CC(=O)NCCN1CCOCC1. The molecule has 32 heavy (non-hydrogen) atoms. The normalized spacial score (nSPS) is 14.6. The number of hydrogen-bond donors (Lipinski definition) is 3. The number of ether oxygens (including phenoxy) is 1. The average Bonchev–Trinajstić information content (AvgIpc) is 3.28. The molecule has 0 aromatic carbocycles. The van der Waals surface area contributed by atoms with Crippen LogP contribution in [0.3, 0.4) is 0 Å². The third kappa shape index (κ3) is 7.04. The minimum atomic E-state index is -0.269. The predicted molar refractivity (Wildman–Crippen MR) is 127 cm³/mol. The molecule has 0 bridgehead atoms. The van der Waals surface area contributed by atoms with Gasteiger partial charge in [0.2, 0.25) is 5.91 Å². The van der Waals surface area contributed by atoms with Crippen LogP contribution in [-0.2, 0) is 29.4 Å². The summed E-state index contributed by atoms with van der Waals surface area (Å²) in [6, 6.07) is 1.63. The van der Waals surface area contributed by atoms with Gasteiger partial charge in [0.15, 0.2) is 5.13 Å². The van der Waals surface area contributed by atoms with Crippen LogP contribution in [0.5, 0.6) is 0 Å². The van der Waals surface area contributed by atoms with Gasteiger partial charge >= 0.3 is 0 Å². The molecule has 10 heteroatoms. The highest BCUT2D eigenvalue weighted by atomic mass is 32.1. The Bertz CT molecular complexity index is 917. The van der Waals surface area contributed by atoms with E-state index in [2.05, 4.69) is 34.4 Å². The first-order chi connectivity index (χ1) is 15.3. The van der Waals surface area contributed by atoms with Gasteiger partial charge in [0.1, 0.15) is 5.69 Å². The number of aryl methyl sites for hydroxylation is 2. The van der Waals surface area contributed by atoms with Crippen molar-refractivity contribution in [3.8, 4) is 0 Å². The second kappa shape index (κ2) is 11.4. The van der Waals surface area contributed by atoms with E-state index in [1.807, 2.05) is 0 Å². The maximum atomic E-state index is 12.6. The van der Waals surface area contributed by atoms with Crippen molar-refractivity contribution >= 4 is 34.0 Å². The van der Waals surface area contributed by atoms with Gasteiger partial charge < -0.3 is 20.4 Å². The number of nitrogen functional groups attached to an aromatic ring is 1. The number of aromatic nitrogens is 2. The summed E-state index contributed by atoms with van der Waals surface area (Å²) < 4.78 is 7.03. The number of carbonyl (C=O) groups excluding carboxylic acids is 2. The Balaban J connectivity index is 1.61. The Labute approximate surface area is 193 Å². The number of hydrogen-bond acceptors (Lipinski definition) is 7. The van der Waals surface area contributed by atoms with Gasteiger partial charge in [0.05, 0.1) is 31.0 Å². The zero-order valence-corrected chi connectivity index (χ0v) is 20.0. The molecule has 0 spiro atoms. The third-order valence-electron chi connectivity index (χ3n) is 5.39. The molecule has 0 atom stereocenters. The summed E-state index contributed by atoms with van der Waals surface area (Å²) in [5, 5.41) is 6.36. The highest BCUT2D eigenvalue weighted by Crippen LogP contribution is 2.27. The Morgan fingerprint density at radius 3 is 2.72 bits per heavy atom. The quantitative estimate of drug-likeness (QED) is 0.497. The first-order valence-corrected chi connectivity index (χ1v) is 11.9. The molecule has 3 heterocycles. The van der Waals surface area contributed by atoms with E-state index in [0.29, 0.717) is 29.0 Å². The molecule has 2 aromatic heterocycles. The number of nitrogens with zero attached hydrogens (tertiary/aromatic N) is 3. The van der Waals surface area contributed by atoms with E-state index >= 15 is 0 Å². The summed E-state index contributed by atoms with van der Waals surface area (Å²) in [5.74, 6) is 0.217. The van der Waals surface area contributed by atoms with Gasteiger partial charge in [-0.25, -0.2) is 4.98 Å². The standard InChI is InChI=1S/C22H34N6O3S/c1-15(2)4-5-19-17(13-20(29)24-6-7-28-8-10-31-11-9-28)25-22(32-19)26-21(30)18-12-16(23)14-27(18)3/h12,14-15H,4-11,13,23H2,1-3H3,(H,24,29)(H,25,26,30). The van der Waals surface area contributed by atoms with Gasteiger partial charge in [-0.05, 0) is 24.8 Å². The average molecular weight is 463 g/mol. The smallest absolute Gasteiger partial charge is 0.274 e. The number of anilines is 2. The molecule has 176 valence electrons. The van der Waals surface area contributed by atoms with Crippen LogP contribution in [0.25, 0.3) is 0 Å². The maximum absolute atomic E-state index is 12.6. The zero-order valence-electron chi connectivity index (χ0n) is 19.1. The number of thiazole rings is 1. The molecule has 4 N–H and O–H groups in total. The summed E-state index contributed by atoms with van der Waals surface area (Å²) in [4.78, 5) is 33.1. The van der Waals surface area contributed by atoms with Crippen LogP contribution in [0.1, 0.15) is 41.3 Å². The van der Waals surface area contributed by atoms with Crippen LogP contribution < -0.4 is 16.4 Å². The lowest BCUT2D eigenvalue weighted by atomic mass is 10.1. The van der Waals surface area contributed by atoms with Crippen LogP contribution >= 0.6 is 11.3 Å². The van der Waals surface area contributed by atoms with Crippen LogP contribution in [0, 0.1) is 5.92 Å². The molecule has 1 saturated heterocycles. The number of nitrogens with two attached hydrogens (primary N) is 1. The molecule has 0 aliphatic carbocycles. The molecule has 2 aromatic rings. The van der Waals surface area contributed by atoms with E-state index in [4.69, 9.17) is 10.5 Å². The Morgan fingerprint density at radius 1 is 1.31 bits per heavy atom. The second-order valence-corrected chi connectivity index (χ2v) is 9.61. The first kappa shape index (κ1) is 24.2. The van der Waals surface area contributed by atoms with Crippen LogP contribution in [-0.4, -0.2) is 65.7 Å². The first-order valence-electron chi connectivity index (χ1n) is 11.1. The molecule has 9 nitrogen and oxygen atoms in total. The minimum absolute atomic E-state index is 0.0533. The number of morpholine rings is 1. The van der Waals surface area contributed by atoms with Crippen molar-refractivity contribution in [2.75, 3.05) is 50.4 Å². The highest BCUT2D eigenvalue weighted by Gasteiger charge is 2.19. The lowest BCUT2D eigenvalue weighted by Gasteiger charge is -2.26. The largest absolute Gasteiger partial charge is 0.397 e. The molecule has 1 aliphatic rings. The Hall–Kier alpha value is -2.43. The minimum Gasteiger partial charge on any atom is -0.397 e. The van der Waals surface area contributed by atoms with Crippen molar-refractivity contribution in [2.24, 2.45) is 13.0 Å². The van der Waals surface area contributed by atoms with E-state index in [1.165, 1.54) is 11.3 Å². The fourth-order valence-electron chi connectivity index (χ4n) is 3.56. The van der Waals surface area contributed by atoms with E-state index < -0.39 is 0 Å².